The van der Waals surface area contributed by atoms with Crippen LogP contribution >= 0.6 is 0 Å². The highest BCUT2D eigenvalue weighted by atomic mass is 15.3. The fraction of sp³-hybridized carbons (Fsp3) is 0.357. The van der Waals surface area contributed by atoms with Gasteiger partial charge in [0.15, 0.2) is 0 Å². The normalized spacial score (nSPS) is 12.4. The van der Waals surface area contributed by atoms with Gasteiger partial charge in [0.25, 0.3) is 0 Å². The summed E-state index contributed by atoms with van der Waals surface area (Å²) in [7, 11) is 1.93. The van der Waals surface area contributed by atoms with Gasteiger partial charge in [-0.05, 0) is 25.3 Å². The molecular weight excluding hydrogens is 210 g/mol. The van der Waals surface area contributed by atoms with E-state index in [-0.39, 0.29) is 0 Å². The lowest BCUT2D eigenvalue weighted by Gasteiger charge is -2.12. The van der Waals surface area contributed by atoms with Gasteiger partial charge in [-0.2, -0.15) is 5.10 Å². The molecule has 0 bridgehead atoms. The van der Waals surface area contributed by atoms with Gasteiger partial charge >= 0.3 is 0 Å². The van der Waals surface area contributed by atoms with Gasteiger partial charge in [-0.15, -0.1) is 0 Å². The maximum atomic E-state index is 4.31. The minimum atomic E-state index is 0.435. The van der Waals surface area contributed by atoms with Gasteiger partial charge in [0.05, 0.1) is 0 Å². The number of nitrogens with one attached hydrogen (secondary N) is 1. The first kappa shape index (κ1) is 11.7. The van der Waals surface area contributed by atoms with Crippen molar-refractivity contribution in [3.05, 3.63) is 48.2 Å². The number of hydrogen-bond acceptors (Lipinski definition) is 2. The third-order valence-electron chi connectivity index (χ3n) is 2.82. The average Bonchev–Trinajstić information content (AvgIpc) is 2.73. The number of anilines is 1. The molecule has 2 rings (SSSR count). The van der Waals surface area contributed by atoms with Crippen molar-refractivity contribution in [3.8, 4) is 0 Å². The topological polar surface area (TPSA) is 29.9 Å². The van der Waals surface area contributed by atoms with Crippen LogP contribution in [-0.2, 0) is 13.5 Å². The number of benzene rings is 1. The van der Waals surface area contributed by atoms with Crippen LogP contribution in [0.1, 0.15) is 18.9 Å². The van der Waals surface area contributed by atoms with E-state index in [1.165, 1.54) is 5.56 Å². The van der Waals surface area contributed by atoms with Gasteiger partial charge in [0.1, 0.15) is 5.82 Å². The lowest BCUT2D eigenvalue weighted by Crippen LogP contribution is -2.16. The summed E-state index contributed by atoms with van der Waals surface area (Å²) in [5, 5.41) is 7.71. The summed E-state index contributed by atoms with van der Waals surface area (Å²) in [6.07, 6.45) is 4.16. The molecule has 17 heavy (non-hydrogen) atoms. The van der Waals surface area contributed by atoms with Crippen LogP contribution in [0.15, 0.2) is 42.6 Å². The molecule has 1 heterocycles. The average molecular weight is 229 g/mol. The van der Waals surface area contributed by atoms with Gasteiger partial charge in [-0.1, -0.05) is 30.3 Å². The Bertz CT molecular complexity index is 448. The minimum Gasteiger partial charge on any atom is -0.366 e. The second-order valence-corrected chi connectivity index (χ2v) is 4.44. The summed E-state index contributed by atoms with van der Waals surface area (Å²) in [4.78, 5) is 0. The lowest BCUT2D eigenvalue weighted by molar-refractivity contribution is 0.694. The molecule has 2 aromatic rings. The Morgan fingerprint density at radius 1 is 1.24 bits per heavy atom. The molecule has 0 saturated heterocycles. The van der Waals surface area contributed by atoms with Gasteiger partial charge < -0.3 is 5.32 Å². The van der Waals surface area contributed by atoms with E-state index < -0.39 is 0 Å². The van der Waals surface area contributed by atoms with E-state index in [1.807, 2.05) is 24.0 Å². The Labute approximate surface area is 102 Å². The van der Waals surface area contributed by atoms with E-state index in [1.54, 1.807) is 0 Å². The van der Waals surface area contributed by atoms with Crippen molar-refractivity contribution >= 4 is 5.82 Å². The van der Waals surface area contributed by atoms with Crippen molar-refractivity contribution in [2.75, 3.05) is 5.32 Å². The fourth-order valence-corrected chi connectivity index (χ4v) is 1.84. The molecule has 1 atom stereocenters. The van der Waals surface area contributed by atoms with Crippen molar-refractivity contribution in [1.82, 2.24) is 9.78 Å². The summed E-state index contributed by atoms with van der Waals surface area (Å²) in [6.45, 7) is 2.19. The van der Waals surface area contributed by atoms with E-state index in [0.717, 1.165) is 18.7 Å². The first-order valence-electron chi connectivity index (χ1n) is 6.04. The molecule has 1 N–H and O–H groups in total. The van der Waals surface area contributed by atoms with Crippen LogP contribution in [0.4, 0.5) is 5.82 Å². The zero-order valence-corrected chi connectivity index (χ0v) is 10.4. The lowest BCUT2D eigenvalue weighted by atomic mass is 10.1. The van der Waals surface area contributed by atoms with Gasteiger partial charge in [-0.25, -0.2) is 0 Å². The van der Waals surface area contributed by atoms with Gasteiger partial charge in [0.2, 0.25) is 0 Å². The number of nitrogens with zero attached hydrogens (tertiary/aromatic N) is 2. The van der Waals surface area contributed by atoms with Crippen molar-refractivity contribution in [1.29, 1.82) is 0 Å². The molecule has 0 radical (unpaired) electrons. The van der Waals surface area contributed by atoms with Crippen molar-refractivity contribution in [2.24, 2.45) is 7.05 Å². The van der Waals surface area contributed by atoms with E-state index in [4.69, 9.17) is 0 Å². The molecule has 0 aliphatic carbocycles. The maximum Gasteiger partial charge on any atom is 0.148 e. The molecule has 0 spiro atoms. The Hall–Kier alpha value is -1.77. The van der Waals surface area contributed by atoms with Crippen LogP contribution in [0.25, 0.3) is 0 Å². The van der Waals surface area contributed by atoms with Crippen LogP contribution < -0.4 is 5.32 Å². The number of aromatic nitrogens is 2. The highest BCUT2D eigenvalue weighted by Gasteiger charge is 2.04. The molecule has 0 amide bonds. The molecule has 90 valence electrons. The first-order chi connectivity index (χ1) is 8.24. The molecule has 3 nitrogen and oxygen atoms in total. The summed E-state index contributed by atoms with van der Waals surface area (Å²) >= 11 is 0. The Kier molecular flexibility index (Phi) is 3.81. The van der Waals surface area contributed by atoms with E-state index in [9.17, 15) is 0 Å². The SMILES string of the molecule is CC(CCc1ccccc1)Nc1ccn(C)n1. The molecule has 3 heteroatoms. The second kappa shape index (κ2) is 5.53. The minimum absolute atomic E-state index is 0.435. The highest BCUT2D eigenvalue weighted by molar-refractivity contribution is 5.33. The predicted octanol–water partition coefficient (Wildman–Crippen LogP) is 2.85. The monoisotopic (exact) mass is 229 g/mol. The van der Waals surface area contributed by atoms with Crippen molar-refractivity contribution < 1.29 is 0 Å². The second-order valence-electron chi connectivity index (χ2n) is 4.44. The highest BCUT2D eigenvalue weighted by Crippen LogP contribution is 2.09. The van der Waals surface area contributed by atoms with E-state index in [0.29, 0.717) is 6.04 Å². The Morgan fingerprint density at radius 2 is 2.00 bits per heavy atom. The number of rotatable bonds is 5. The first-order valence-corrected chi connectivity index (χ1v) is 6.04. The number of hydrogen-bond donors (Lipinski definition) is 1. The van der Waals surface area contributed by atoms with Crippen LogP contribution in [0.3, 0.4) is 0 Å². The number of aryl methyl sites for hydroxylation is 2. The molecule has 0 aliphatic rings. The predicted molar refractivity (Wildman–Crippen MR) is 71.1 cm³/mol. The Morgan fingerprint density at radius 3 is 2.65 bits per heavy atom. The zero-order valence-electron chi connectivity index (χ0n) is 10.4. The summed E-state index contributed by atoms with van der Waals surface area (Å²) in [6, 6.07) is 13.0. The van der Waals surface area contributed by atoms with Crippen LogP contribution in [0.5, 0.6) is 0 Å². The van der Waals surface area contributed by atoms with Crippen LogP contribution in [-0.4, -0.2) is 15.8 Å². The Balaban J connectivity index is 1.80. The summed E-state index contributed by atoms with van der Waals surface area (Å²) < 4.78 is 1.81. The summed E-state index contributed by atoms with van der Waals surface area (Å²) in [5.74, 6) is 0.952. The van der Waals surface area contributed by atoms with E-state index >= 15 is 0 Å². The largest absolute Gasteiger partial charge is 0.366 e. The molecular formula is C14H19N3. The van der Waals surface area contributed by atoms with E-state index in [2.05, 4.69) is 47.7 Å². The third kappa shape index (κ3) is 3.63. The molecule has 1 unspecified atom stereocenters. The third-order valence-corrected chi connectivity index (χ3v) is 2.82. The molecule has 0 fully saturated rings. The van der Waals surface area contributed by atoms with Crippen LogP contribution in [0.2, 0.25) is 0 Å². The quantitative estimate of drug-likeness (QED) is 0.854. The smallest absolute Gasteiger partial charge is 0.148 e. The molecule has 1 aromatic heterocycles. The molecule has 1 aromatic carbocycles. The van der Waals surface area contributed by atoms with Crippen LogP contribution in [0, 0.1) is 0 Å². The molecule has 0 aliphatic heterocycles. The van der Waals surface area contributed by atoms with Gasteiger partial charge in [-0.3, -0.25) is 4.68 Å². The van der Waals surface area contributed by atoms with Gasteiger partial charge in [0, 0.05) is 25.4 Å². The maximum absolute atomic E-state index is 4.31. The zero-order chi connectivity index (χ0) is 12.1. The molecule has 0 saturated carbocycles. The van der Waals surface area contributed by atoms with Crippen molar-refractivity contribution in [2.45, 2.75) is 25.8 Å². The standard InChI is InChI=1S/C14H19N3/c1-12(15-14-10-11-17(2)16-14)8-9-13-6-4-3-5-7-13/h3-7,10-12H,8-9H2,1-2H3,(H,15,16). The van der Waals surface area contributed by atoms with Crippen molar-refractivity contribution in [3.63, 3.8) is 0 Å². The summed E-state index contributed by atoms with van der Waals surface area (Å²) in [5.41, 5.74) is 1.39. The fourth-order valence-electron chi connectivity index (χ4n) is 1.84.